The van der Waals surface area contributed by atoms with Crippen molar-refractivity contribution in [3.63, 3.8) is 0 Å². The van der Waals surface area contributed by atoms with Crippen molar-refractivity contribution < 1.29 is 19.1 Å². The van der Waals surface area contributed by atoms with Crippen LogP contribution in [0.25, 0.3) is 0 Å². The van der Waals surface area contributed by atoms with Crippen LogP contribution in [-0.4, -0.2) is 61.4 Å². The van der Waals surface area contributed by atoms with Gasteiger partial charge in [0.05, 0.1) is 11.1 Å². The molecule has 0 aromatic heterocycles. The molecule has 0 N–H and O–H groups in total. The standard InChI is InChI=1S/C34H60N2O4/c1-5-9-11-13-15-17-19-23-27-35(7-3)29-39-33(37)31-25-21-22-26-32(31)34(38)40-30-36(8-4)28-24-20-18-16-14-12-10-6-2/h21-22,25-26H,5-20,23-24,27-30H2,1-4H3. The van der Waals surface area contributed by atoms with Crippen molar-refractivity contribution in [2.75, 3.05) is 39.6 Å². The van der Waals surface area contributed by atoms with E-state index in [0.717, 1.165) is 39.0 Å². The lowest BCUT2D eigenvalue weighted by Gasteiger charge is -2.21. The van der Waals surface area contributed by atoms with Crippen LogP contribution < -0.4 is 0 Å². The van der Waals surface area contributed by atoms with Crippen molar-refractivity contribution in [1.82, 2.24) is 9.80 Å². The van der Waals surface area contributed by atoms with Crippen LogP contribution in [0.3, 0.4) is 0 Å². The Morgan fingerprint density at radius 2 is 0.850 bits per heavy atom. The zero-order chi connectivity index (χ0) is 29.3. The van der Waals surface area contributed by atoms with Gasteiger partial charge in [-0.1, -0.05) is 130 Å². The Balaban J connectivity index is 2.41. The maximum Gasteiger partial charge on any atom is 0.340 e. The summed E-state index contributed by atoms with van der Waals surface area (Å²) in [7, 11) is 0. The monoisotopic (exact) mass is 560 g/mol. The lowest BCUT2D eigenvalue weighted by atomic mass is 10.1. The van der Waals surface area contributed by atoms with Crippen molar-refractivity contribution in [2.45, 2.75) is 130 Å². The Kier molecular flexibility index (Phi) is 22.4. The molecule has 0 saturated carbocycles. The van der Waals surface area contributed by atoms with E-state index in [1.54, 1.807) is 24.3 Å². The van der Waals surface area contributed by atoms with Crippen LogP contribution >= 0.6 is 0 Å². The normalized spacial score (nSPS) is 11.3. The molecule has 0 aliphatic rings. The highest BCUT2D eigenvalue weighted by molar-refractivity contribution is 6.03. The highest BCUT2D eigenvalue weighted by atomic mass is 16.6. The third kappa shape index (κ3) is 17.0. The lowest BCUT2D eigenvalue weighted by molar-refractivity contribution is 0.0180. The van der Waals surface area contributed by atoms with Crippen molar-refractivity contribution >= 4 is 11.9 Å². The fourth-order valence-corrected chi connectivity index (χ4v) is 4.86. The molecule has 1 aromatic rings. The van der Waals surface area contributed by atoms with Crippen LogP contribution in [-0.2, 0) is 9.47 Å². The average molecular weight is 561 g/mol. The Bertz CT molecular complexity index is 707. The maximum absolute atomic E-state index is 12.9. The van der Waals surface area contributed by atoms with Gasteiger partial charge in [0, 0.05) is 13.1 Å². The number of rotatable bonds is 26. The van der Waals surface area contributed by atoms with Gasteiger partial charge in [-0.25, -0.2) is 9.59 Å². The first-order valence-corrected chi connectivity index (χ1v) is 16.4. The van der Waals surface area contributed by atoms with E-state index in [1.807, 2.05) is 0 Å². The van der Waals surface area contributed by atoms with Crippen molar-refractivity contribution in [2.24, 2.45) is 0 Å². The molecule has 1 aromatic carbocycles. The number of unbranched alkanes of at least 4 members (excludes halogenated alkanes) is 14. The highest BCUT2D eigenvalue weighted by Gasteiger charge is 2.20. The van der Waals surface area contributed by atoms with E-state index in [2.05, 4.69) is 37.5 Å². The molecule has 0 amide bonds. The molecule has 0 aliphatic carbocycles. The quantitative estimate of drug-likeness (QED) is 0.0641. The predicted octanol–water partition coefficient (Wildman–Crippen LogP) is 8.84. The van der Waals surface area contributed by atoms with Gasteiger partial charge in [0.15, 0.2) is 0 Å². The van der Waals surface area contributed by atoms with Gasteiger partial charge in [-0.05, 0) is 38.1 Å². The number of hydrogen-bond donors (Lipinski definition) is 0. The zero-order valence-electron chi connectivity index (χ0n) is 26.4. The zero-order valence-corrected chi connectivity index (χ0v) is 26.4. The summed E-state index contributed by atoms with van der Waals surface area (Å²) in [6.45, 7) is 12.6. The van der Waals surface area contributed by atoms with Gasteiger partial charge >= 0.3 is 11.9 Å². The fraction of sp³-hybridized carbons (Fsp3) is 0.765. The topological polar surface area (TPSA) is 59.1 Å². The second-order valence-corrected chi connectivity index (χ2v) is 11.0. The van der Waals surface area contributed by atoms with Crippen LogP contribution in [0.1, 0.15) is 151 Å². The number of ether oxygens (including phenoxy) is 2. The SMILES string of the molecule is CCCCCCCCCCN(CC)COC(=O)c1ccccc1C(=O)OCN(CC)CCCCCCCCCC. The van der Waals surface area contributed by atoms with Gasteiger partial charge in [-0.3, -0.25) is 9.80 Å². The van der Waals surface area contributed by atoms with Crippen LogP contribution in [0.2, 0.25) is 0 Å². The van der Waals surface area contributed by atoms with Gasteiger partial charge in [0.25, 0.3) is 0 Å². The van der Waals surface area contributed by atoms with Gasteiger partial charge in [-0.15, -0.1) is 0 Å². The summed E-state index contributed by atoms with van der Waals surface area (Å²) < 4.78 is 11.2. The number of hydrogen-bond acceptors (Lipinski definition) is 6. The molecular formula is C34H60N2O4. The molecule has 0 bridgehead atoms. The smallest absolute Gasteiger partial charge is 0.340 e. The second kappa shape index (κ2) is 24.8. The minimum absolute atomic E-state index is 0.234. The number of benzene rings is 1. The predicted molar refractivity (Wildman–Crippen MR) is 167 cm³/mol. The summed E-state index contributed by atoms with van der Waals surface area (Å²) in [5, 5.41) is 0. The number of esters is 2. The van der Waals surface area contributed by atoms with E-state index < -0.39 is 11.9 Å². The van der Waals surface area contributed by atoms with Crippen LogP contribution in [0.4, 0.5) is 0 Å². The molecule has 230 valence electrons. The Hall–Kier alpha value is -1.92. The molecule has 6 heteroatoms. The summed E-state index contributed by atoms with van der Waals surface area (Å²) in [5.74, 6) is -0.957. The van der Waals surface area contributed by atoms with Gasteiger partial charge in [-0.2, -0.15) is 0 Å². The van der Waals surface area contributed by atoms with E-state index in [0.29, 0.717) is 0 Å². The van der Waals surface area contributed by atoms with Crippen LogP contribution in [0, 0.1) is 0 Å². The van der Waals surface area contributed by atoms with Crippen molar-refractivity contribution in [3.05, 3.63) is 35.4 Å². The first-order chi connectivity index (χ1) is 19.6. The molecule has 1 rings (SSSR count). The summed E-state index contributed by atoms with van der Waals surface area (Å²) in [6, 6.07) is 6.80. The minimum Gasteiger partial charge on any atom is -0.446 e. The Labute approximate surface area is 246 Å². The summed E-state index contributed by atoms with van der Waals surface area (Å²) in [5.41, 5.74) is 0.531. The fourth-order valence-electron chi connectivity index (χ4n) is 4.86. The molecule has 0 saturated heterocycles. The number of carbonyl (C=O) groups excluding carboxylic acids is 2. The molecule has 0 atom stereocenters. The first kappa shape index (κ1) is 36.1. The Morgan fingerprint density at radius 1 is 0.525 bits per heavy atom. The third-order valence-electron chi connectivity index (χ3n) is 7.67. The molecule has 0 spiro atoms. The number of carbonyl (C=O) groups is 2. The largest absolute Gasteiger partial charge is 0.446 e. The van der Waals surface area contributed by atoms with E-state index in [4.69, 9.17) is 9.47 Å². The Morgan fingerprint density at radius 3 is 1.18 bits per heavy atom. The van der Waals surface area contributed by atoms with E-state index >= 15 is 0 Å². The van der Waals surface area contributed by atoms with Crippen LogP contribution in [0.5, 0.6) is 0 Å². The van der Waals surface area contributed by atoms with E-state index in [9.17, 15) is 9.59 Å². The highest BCUT2D eigenvalue weighted by Crippen LogP contribution is 2.14. The van der Waals surface area contributed by atoms with Gasteiger partial charge in [0.2, 0.25) is 0 Å². The molecule has 0 aliphatic heterocycles. The first-order valence-electron chi connectivity index (χ1n) is 16.4. The molecule has 0 unspecified atom stereocenters. The van der Waals surface area contributed by atoms with Gasteiger partial charge in [0.1, 0.15) is 13.5 Å². The van der Waals surface area contributed by atoms with E-state index in [1.165, 1.54) is 89.9 Å². The molecule has 0 heterocycles. The molecule has 0 fully saturated rings. The molecule has 40 heavy (non-hydrogen) atoms. The minimum atomic E-state index is -0.479. The second-order valence-electron chi connectivity index (χ2n) is 11.0. The van der Waals surface area contributed by atoms with Crippen molar-refractivity contribution in [1.29, 1.82) is 0 Å². The lowest BCUT2D eigenvalue weighted by Crippen LogP contribution is -2.30. The number of nitrogens with zero attached hydrogens (tertiary/aromatic N) is 2. The molecule has 0 radical (unpaired) electrons. The maximum atomic E-state index is 12.9. The van der Waals surface area contributed by atoms with Crippen molar-refractivity contribution in [3.8, 4) is 0 Å². The third-order valence-corrected chi connectivity index (χ3v) is 7.67. The van der Waals surface area contributed by atoms with Gasteiger partial charge < -0.3 is 9.47 Å². The van der Waals surface area contributed by atoms with E-state index in [-0.39, 0.29) is 24.6 Å². The average Bonchev–Trinajstić information content (AvgIpc) is 2.98. The summed E-state index contributed by atoms with van der Waals surface area (Å²) >= 11 is 0. The molecular weight excluding hydrogens is 500 g/mol. The summed E-state index contributed by atoms with van der Waals surface area (Å²) in [6.07, 6.45) is 20.4. The summed E-state index contributed by atoms with van der Waals surface area (Å²) in [4.78, 5) is 30.1. The molecule has 6 nitrogen and oxygen atoms in total. The van der Waals surface area contributed by atoms with Crippen LogP contribution in [0.15, 0.2) is 24.3 Å².